The van der Waals surface area contributed by atoms with Gasteiger partial charge >= 0.3 is 0 Å². The molecule has 2 aliphatic heterocycles. The lowest BCUT2D eigenvalue weighted by Crippen LogP contribution is -2.49. The van der Waals surface area contributed by atoms with Crippen molar-refractivity contribution in [2.45, 2.75) is 95.0 Å². The summed E-state index contributed by atoms with van der Waals surface area (Å²) in [7, 11) is 1.35. The molecule has 2 aromatic rings. The molecule has 2 aliphatic carbocycles. The first-order valence-corrected chi connectivity index (χ1v) is 15.8. The Morgan fingerprint density at radius 2 is 1.76 bits per heavy atom. The molecule has 2 saturated heterocycles. The number of phenolic OH excluding ortho intramolecular Hbond substituents is 2. The van der Waals surface area contributed by atoms with Crippen LogP contribution in [0.1, 0.15) is 101 Å². The number of carbonyl (C=O) groups excluding carboxylic acids is 3. The Hall–Kier alpha value is -3.84. The highest BCUT2D eigenvalue weighted by Crippen LogP contribution is 2.52. The van der Waals surface area contributed by atoms with Crippen LogP contribution < -0.4 is 4.74 Å². The van der Waals surface area contributed by atoms with Crippen LogP contribution >= 0.6 is 0 Å². The fourth-order valence-electron chi connectivity index (χ4n) is 7.14. The standard InChI is InChI=1S/C34H40N2O10/c1-17-29(38)21(35-16-36-11-6-4-5-7-12-36)13-24(45-17)46-23-15-34(43,18(2)37)14-20-26(23)33(42)28-27(31(20)40)30(39)19-9-8-10-22(44-3)25(19)32(28)41/h8-10,16-17,21,23-24,29,38,40,42-43H,4-7,11-15H2,1-3H3/t17?,21?,23-,24?,29?,34?/m0/s1. The molecule has 4 N–H and O–H groups in total. The van der Waals surface area contributed by atoms with E-state index in [9.17, 15) is 34.8 Å². The number of likely N-dealkylation sites (tertiary alicyclic amines) is 1. The van der Waals surface area contributed by atoms with Crippen LogP contribution in [-0.4, -0.2) is 99.4 Å². The molecule has 2 heterocycles. The summed E-state index contributed by atoms with van der Waals surface area (Å²) in [4.78, 5) is 47.1. The van der Waals surface area contributed by atoms with Gasteiger partial charge in [-0.2, -0.15) is 0 Å². The number of fused-ring (bicyclic) bond motifs is 3. The molecule has 0 amide bonds. The summed E-state index contributed by atoms with van der Waals surface area (Å²) in [5.41, 5.74) is -2.98. The molecule has 0 aromatic heterocycles. The molecular weight excluding hydrogens is 596 g/mol. The normalized spacial score (nSPS) is 29.6. The van der Waals surface area contributed by atoms with Crippen LogP contribution in [0.3, 0.4) is 0 Å². The van der Waals surface area contributed by atoms with Crippen molar-refractivity contribution >= 4 is 23.7 Å². The van der Waals surface area contributed by atoms with Gasteiger partial charge in [0.1, 0.15) is 29.0 Å². The number of aliphatic hydroxyl groups excluding tert-OH is 1. The molecule has 0 saturated carbocycles. The zero-order valence-corrected chi connectivity index (χ0v) is 26.2. The van der Waals surface area contributed by atoms with E-state index in [2.05, 4.69) is 9.89 Å². The number of aliphatic hydroxyl groups is 2. The number of Topliss-reactive ketones (excluding diaryl/α,β-unsaturated/α-hetero) is 1. The van der Waals surface area contributed by atoms with E-state index in [0.29, 0.717) is 0 Å². The van der Waals surface area contributed by atoms with Crippen LogP contribution in [0.2, 0.25) is 0 Å². The average molecular weight is 637 g/mol. The van der Waals surface area contributed by atoms with Gasteiger partial charge in [-0.25, -0.2) is 0 Å². The number of hydrogen-bond donors (Lipinski definition) is 4. The third kappa shape index (κ3) is 5.46. The first-order chi connectivity index (χ1) is 21.9. The molecule has 0 spiro atoms. The van der Waals surface area contributed by atoms with Crippen molar-refractivity contribution in [1.29, 1.82) is 0 Å². The molecule has 6 rings (SSSR count). The number of carbonyl (C=O) groups is 3. The number of phenols is 2. The number of aromatic hydroxyl groups is 2. The van der Waals surface area contributed by atoms with Gasteiger partial charge in [-0.3, -0.25) is 19.4 Å². The van der Waals surface area contributed by atoms with Crippen LogP contribution in [0.25, 0.3) is 0 Å². The Balaban J connectivity index is 1.38. The number of benzene rings is 2. The number of rotatable bonds is 6. The van der Waals surface area contributed by atoms with Gasteiger partial charge in [-0.1, -0.05) is 25.0 Å². The first-order valence-electron chi connectivity index (χ1n) is 15.8. The minimum absolute atomic E-state index is 0.00753. The van der Waals surface area contributed by atoms with E-state index in [0.717, 1.165) is 38.8 Å². The zero-order chi connectivity index (χ0) is 32.9. The number of ether oxygens (including phenoxy) is 3. The second kappa shape index (κ2) is 12.4. The zero-order valence-electron chi connectivity index (χ0n) is 26.2. The van der Waals surface area contributed by atoms with E-state index >= 15 is 0 Å². The van der Waals surface area contributed by atoms with Crippen molar-refractivity contribution in [3.05, 3.63) is 51.6 Å². The molecule has 0 bridgehead atoms. The summed E-state index contributed by atoms with van der Waals surface area (Å²) < 4.78 is 17.7. The van der Waals surface area contributed by atoms with Crippen molar-refractivity contribution < 1.29 is 49.0 Å². The van der Waals surface area contributed by atoms with Crippen LogP contribution in [0.5, 0.6) is 17.2 Å². The Labute approximate surface area is 266 Å². The minimum Gasteiger partial charge on any atom is -0.507 e. The van der Waals surface area contributed by atoms with Gasteiger partial charge in [-0.05, 0) is 32.8 Å². The fourth-order valence-corrected chi connectivity index (χ4v) is 7.14. The van der Waals surface area contributed by atoms with E-state index in [1.807, 2.05) is 0 Å². The lowest BCUT2D eigenvalue weighted by Gasteiger charge is -2.42. The molecule has 4 aliphatic rings. The number of methoxy groups -OCH3 is 1. The molecule has 46 heavy (non-hydrogen) atoms. The molecule has 6 atom stereocenters. The topological polar surface area (TPSA) is 175 Å². The lowest BCUT2D eigenvalue weighted by molar-refractivity contribution is -0.246. The van der Waals surface area contributed by atoms with Gasteiger partial charge < -0.3 is 39.5 Å². The maximum Gasteiger partial charge on any atom is 0.202 e. The highest BCUT2D eigenvalue weighted by Gasteiger charge is 2.49. The van der Waals surface area contributed by atoms with Crippen molar-refractivity contribution in [3.8, 4) is 17.2 Å². The smallest absolute Gasteiger partial charge is 0.202 e. The Bertz CT molecular complexity index is 1600. The Morgan fingerprint density at radius 3 is 2.43 bits per heavy atom. The van der Waals surface area contributed by atoms with Crippen LogP contribution in [0, 0.1) is 0 Å². The number of aliphatic imine (C=N–C) groups is 1. The van der Waals surface area contributed by atoms with E-state index < -0.39 is 82.6 Å². The third-order valence-electron chi connectivity index (χ3n) is 9.78. The summed E-state index contributed by atoms with van der Waals surface area (Å²) in [6.07, 6.45) is 1.79. The van der Waals surface area contributed by atoms with Crippen LogP contribution in [-0.2, 0) is 20.7 Å². The van der Waals surface area contributed by atoms with Gasteiger partial charge in [0.25, 0.3) is 0 Å². The van der Waals surface area contributed by atoms with Gasteiger partial charge in [0.05, 0.1) is 48.4 Å². The average Bonchev–Trinajstić information content (AvgIpc) is 3.31. The van der Waals surface area contributed by atoms with Crippen molar-refractivity contribution in [2.24, 2.45) is 4.99 Å². The molecule has 12 nitrogen and oxygen atoms in total. The SMILES string of the molecule is COc1cccc2c1C(=O)c1c(O)c3c(c(O)c1C2=O)CC(O)(C(C)=O)C[C@@H]3OC1CC(N=CN2CCCCCC2)C(O)C(C)O1. The second-order valence-corrected chi connectivity index (χ2v) is 12.8. The summed E-state index contributed by atoms with van der Waals surface area (Å²) in [6.45, 7) is 4.65. The number of ketones is 3. The molecule has 2 aromatic carbocycles. The number of nitrogens with zero attached hydrogens (tertiary/aromatic N) is 2. The van der Waals surface area contributed by atoms with Crippen molar-refractivity contribution in [1.82, 2.24) is 4.90 Å². The van der Waals surface area contributed by atoms with Gasteiger partial charge in [0.2, 0.25) is 5.78 Å². The maximum absolute atomic E-state index is 13.9. The van der Waals surface area contributed by atoms with E-state index in [1.54, 1.807) is 13.3 Å². The number of hydrogen-bond acceptors (Lipinski definition) is 11. The van der Waals surface area contributed by atoms with E-state index in [4.69, 9.17) is 14.2 Å². The Morgan fingerprint density at radius 1 is 1.07 bits per heavy atom. The quantitative estimate of drug-likeness (QED) is 0.178. The minimum atomic E-state index is -2.01. The van der Waals surface area contributed by atoms with Crippen molar-refractivity contribution in [2.75, 3.05) is 20.2 Å². The largest absolute Gasteiger partial charge is 0.507 e. The second-order valence-electron chi connectivity index (χ2n) is 12.8. The predicted molar refractivity (Wildman–Crippen MR) is 165 cm³/mol. The molecule has 0 radical (unpaired) electrons. The molecule has 246 valence electrons. The lowest BCUT2D eigenvalue weighted by atomic mass is 9.72. The van der Waals surface area contributed by atoms with E-state index in [1.165, 1.54) is 32.2 Å². The van der Waals surface area contributed by atoms with E-state index in [-0.39, 0.29) is 40.8 Å². The van der Waals surface area contributed by atoms with Crippen LogP contribution in [0.15, 0.2) is 23.2 Å². The van der Waals surface area contributed by atoms with Gasteiger partial charge in [-0.15, -0.1) is 0 Å². The molecule has 2 fully saturated rings. The highest BCUT2D eigenvalue weighted by molar-refractivity contribution is 6.31. The molecule has 12 heteroatoms. The summed E-state index contributed by atoms with van der Waals surface area (Å²) in [5, 5.41) is 45.6. The summed E-state index contributed by atoms with van der Waals surface area (Å²) >= 11 is 0. The fraction of sp³-hybridized carbons (Fsp3) is 0.529. The Kier molecular flexibility index (Phi) is 8.66. The molecule has 5 unspecified atom stereocenters. The van der Waals surface area contributed by atoms with Gasteiger partial charge in [0, 0.05) is 49.0 Å². The van der Waals surface area contributed by atoms with Crippen molar-refractivity contribution in [3.63, 3.8) is 0 Å². The third-order valence-corrected chi connectivity index (χ3v) is 9.78. The molecular formula is C34H40N2O10. The maximum atomic E-state index is 13.9. The monoisotopic (exact) mass is 636 g/mol. The predicted octanol–water partition coefficient (Wildman–Crippen LogP) is 2.97. The van der Waals surface area contributed by atoms with Crippen LogP contribution in [0.4, 0.5) is 0 Å². The van der Waals surface area contributed by atoms with Gasteiger partial charge in [0.15, 0.2) is 17.9 Å². The first kappa shape index (κ1) is 32.1. The highest BCUT2D eigenvalue weighted by atomic mass is 16.7. The summed E-state index contributed by atoms with van der Waals surface area (Å²) in [5.74, 6) is -3.11. The summed E-state index contributed by atoms with van der Waals surface area (Å²) in [6, 6.07) is 3.90.